The largest absolute Gasteiger partial charge is 0.451 e. The van der Waals surface area contributed by atoms with Gasteiger partial charge in [0, 0.05) is 6.42 Å². The monoisotopic (exact) mass is 268 g/mol. The van der Waals surface area contributed by atoms with E-state index < -0.39 is 12.1 Å². The van der Waals surface area contributed by atoms with E-state index in [-0.39, 0.29) is 5.78 Å². The highest BCUT2D eigenvalue weighted by Crippen LogP contribution is 2.20. The number of fused-ring (bicyclic) bond motifs is 1. The van der Waals surface area contributed by atoms with Gasteiger partial charge in [-0.3, -0.25) is 4.79 Å². The molecule has 0 amide bonds. The molecule has 102 valence electrons. The van der Waals surface area contributed by atoms with Gasteiger partial charge in [0.15, 0.2) is 11.9 Å². The SMILES string of the molecule is O=C(OC1CCCCC1=O)c1ccc2ccccc2c1. The van der Waals surface area contributed by atoms with E-state index in [0.29, 0.717) is 18.4 Å². The summed E-state index contributed by atoms with van der Waals surface area (Å²) in [4.78, 5) is 23.8. The molecule has 1 atom stereocenters. The fourth-order valence-electron chi connectivity index (χ4n) is 2.59. The number of esters is 1. The first-order valence-corrected chi connectivity index (χ1v) is 6.96. The normalized spacial score (nSPS) is 19.0. The summed E-state index contributed by atoms with van der Waals surface area (Å²) in [5.74, 6) is -0.360. The van der Waals surface area contributed by atoms with Gasteiger partial charge in [0.1, 0.15) is 0 Å². The summed E-state index contributed by atoms with van der Waals surface area (Å²) in [5, 5.41) is 2.08. The Balaban J connectivity index is 1.79. The van der Waals surface area contributed by atoms with Crippen molar-refractivity contribution in [3.05, 3.63) is 48.0 Å². The van der Waals surface area contributed by atoms with E-state index in [1.54, 1.807) is 6.07 Å². The molecular formula is C17H16O3. The van der Waals surface area contributed by atoms with E-state index in [0.717, 1.165) is 23.6 Å². The van der Waals surface area contributed by atoms with Crippen LogP contribution >= 0.6 is 0 Å². The van der Waals surface area contributed by atoms with Crippen LogP contribution in [0.2, 0.25) is 0 Å². The van der Waals surface area contributed by atoms with Crippen LogP contribution in [0.25, 0.3) is 10.8 Å². The Hall–Kier alpha value is -2.16. The lowest BCUT2D eigenvalue weighted by Gasteiger charge is -2.20. The maximum Gasteiger partial charge on any atom is 0.338 e. The van der Waals surface area contributed by atoms with E-state index in [1.165, 1.54) is 0 Å². The van der Waals surface area contributed by atoms with Gasteiger partial charge >= 0.3 is 5.97 Å². The molecule has 0 N–H and O–H groups in total. The maximum absolute atomic E-state index is 12.1. The molecule has 1 unspecified atom stereocenters. The number of carbonyl (C=O) groups is 2. The number of hydrogen-bond donors (Lipinski definition) is 0. The van der Waals surface area contributed by atoms with Crippen LogP contribution in [-0.4, -0.2) is 17.9 Å². The summed E-state index contributed by atoms with van der Waals surface area (Å²) in [6.07, 6.45) is 2.47. The molecule has 0 aliphatic heterocycles. The number of ether oxygens (including phenoxy) is 1. The lowest BCUT2D eigenvalue weighted by atomic mass is 9.96. The van der Waals surface area contributed by atoms with Crippen molar-refractivity contribution in [2.75, 3.05) is 0 Å². The van der Waals surface area contributed by atoms with Crippen LogP contribution in [0.4, 0.5) is 0 Å². The molecular weight excluding hydrogens is 252 g/mol. The number of hydrogen-bond acceptors (Lipinski definition) is 3. The molecule has 3 heteroatoms. The smallest absolute Gasteiger partial charge is 0.338 e. The summed E-state index contributed by atoms with van der Waals surface area (Å²) in [5.41, 5.74) is 0.502. The van der Waals surface area contributed by atoms with Gasteiger partial charge in [-0.1, -0.05) is 30.3 Å². The first kappa shape index (κ1) is 12.9. The molecule has 3 nitrogen and oxygen atoms in total. The molecule has 0 saturated heterocycles. The van der Waals surface area contributed by atoms with Crippen LogP contribution in [0, 0.1) is 0 Å². The first-order valence-electron chi connectivity index (χ1n) is 6.96. The topological polar surface area (TPSA) is 43.4 Å². The fourth-order valence-corrected chi connectivity index (χ4v) is 2.59. The summed E-state index contributed by atoms with van der Waals surface area (Å²) in [7, 11) is 0. The molecule has 0 bridgehead atoms. The summed E-state index contributed by atoms with van der Waals surface area (Å²) in [6.45, 7) is 0. The van der Waals surface area contributed by atoms with Crippen LogP contribution in [0.5, 0.6) is 0 Å². The lowest BCUT2D eigenvalue weighted by Crippen LogP contribution is -2.30. The number of rotatable bonds is 2. The summed E-state index contributed by atoms with van der Waals surface area (Å²) < 4.78 is 5.35. The molecule has 0 heterocycles. The fraction of sp³-hybridized carbons (Fsp3) is 0.294. The highest BCUT2D eigenvalue weighted by molar-refractivity contribution is 5.97. The van der Waals surface area contributed by atoms with Crippen molar-refractivity contribution in [2.24, 2.45) is 0 Å². The molecule has 0 spiro atoms. The van der Waals surface area contributed by atoms with Gasteiger partial charge in [-0.15, -0.1) is 0 Å². The predicted octanol–water partition coefficient (Wildman–Crippen LogP) is 3.51. The first-order chi connectivity index (χ1) is 9.74. The van der Waals surface area contributed by atoms with E-state index >= 15 is 0 Å². The number of ketones is 1. The van der Waals surface area contributed by atoms with Gasteiger partial charge < -0.3 is 4.74 Å². The molecule has 0 aromatic heterocycles. The quantitative estimate of drug-likeness (QED) is 0.783. The van der Waals surface area contributed by atoms with E-state index in [1.807, 2.05) is 36.4 Å². The standard InChI is InChI=1S/C17H16O3/c18-15-7-3-4-8-16(15)20-17(19)14-10-9-12-5-1-2-6-13(12)11-14/h1-2,5-6,9-11,16H,3-4,7-8H2. The van der Waals surface area contributed by atoms with Crippen molar-refractivity contribution in [2.45, 2.75) is 31.8 Å². The van der Waals surface area contributed by atoms with Crippen LogP contribution in [0.15, 0.2) is 42.5 Å². The molecule has 2 aromatic carbocycles. The highest BCUT2D eigenvalue weighted by atomic mass is 16.5. The Morgan fingerprint density at radius 3 is 2.65 bits per heavy atom. The minimum absolute atomic E-state index is 0.0467. The minimum atomic E-state index is -0.553. The summed E-state index contributed by atoms with van der Waals surface area (Å²) >= 11 is 0. The lowest BCUT2D eigenvalue weighted by molar-refractivity contribution is -0.129. The highest BCUT2D eigenvalue weighted by Gasteiger charge is 2.26. The predicted molar refractivity (Wildman–Crippen MR) is 76.6 cm³/mol. The van der Waals surface area contributed by atoms with Crippen molar-refractivity contribution < 1.29 is 14.3 Å². The number of Topliss-reactive ketones (excluding diaryl/α,β-unsaturated/α-hetero) is 1. The van der Waals surface area contributed by atoms with Crippen molar-refractivity contribution in [1.29, 1.82) is 0 Å². The van der Waals surface area contributed by atoms with Crippen LogP contribution in [0.1, 0.15) is 36.0 Å². The van der Waals surface area contributed by atoms with Crippen LogP contribution in [-0.2, 0) is 9.53 Å². The number of carbonyl (C=O) groups excluding carboxylic acids is 2. The Kier molecular flexibility index (Phi) is 3.50. The van der Waals surface area contributed by atoms with Crippen molar-refractivity contribution in [1.82, 2.24) is 0 Å². The Morgan fingerprint density at radius 1 is 1.05 bits per heavy atom. The van der Waals surface area contributed by atoms with E-state index in [4.69, 9.17) is 4.74 Å². The Bertz CT molecular complexity index is 660. The van der Waals surface area contributed by atoms with Crippen LogP contribution in [0.3, 0.4) is 0 Å². The Labute approximate surface area is 117 Å². The van der Waals surface area contributed by atoms with E-state index in [9.17, 15) is 9.59 Å². The molecule has 20 heavy (non-hydrogen) atoms. The van der Waals surface area contributed by atoms with Crippen molar-refractivity contribution >= 4 is 22.5 Å². The zero-order valence-corrected chi connectivity index (χ0v) is 11.2. The van der Waals surface area contributed by atoms with Crippen molar-refractivity contribution in [3.63, 3.8) is 0 Å². The molecule has 0 radical (unpaired) electrons. The third-order valence-electron chi connectivity index (χ3n) is 3.73. The second-order valence-corrected chi connectivity index (χ2v) is 5.17. The zero-order valence-electron chi connectivity index (χ0n) is 11.2. The molecule has 3 rings (SSSR count). The minimum Gasteiger partial charge on any atom is -0.451 e. The van der Waals surface area contributed by atoms with Crippen LogP contribution < -0.4 is 0 Å². The van der Waals surface area contributed by atoms with Gasteiger partial charge in [-0.25, -0.2) is 4.79 Å². The van der Waals surface area contributed by atoms with Crippen molar-refractivity contribution in [3.8, 4) is 0 Å². The molecule has 1 aliphatic rings. The third kappa shape index (κ3) is 2.57. The second kappa shape index (κ2) is 5.45. The average Bonchev–Trinajstić information content (AvgIpc) is 2.49. The van der Waals surface area contributed by atoms with Gasteiger partial charge in [-0.2, -0.15) is 0 Å². The third-order valence-corrected chi connectivity index (χ3v) is 3.73. The zero-order chi connectivity index (χ0) is 13.9. The molecule has 1 fully saturated rings. The molecule has 2 aromatic rings. The summed E-state index contributed by atoms with van der Waals surface area (Å²) in [6, 6.07) is 13.3. The molecule has 1 saturated carbocycles. The molecule has 1 aliphatic carbocycles. The van der Waals surface area contributed by atoms with Gasteiger partial charge in [0.05, 0.1) is 5.56 Å². The number of benzene rings is 2. The second-order valence-electron chi connectivity index (χ2n) is 5.17. The van der Waals surface area contributed by atoms with E-state index in [2.05, 4.69) is 0 Å². The average molecular weight is 268 g/mol. The van der Waals surface area contributed by atoms with Gasteiger partial charge in [0.25, 0.3) is 0 Å². The maximum atomic E-state index is 12.1. The van der Waals surface area contributed by atoms with Gasteiger partial charge in [0.2, 0.25) is 0 Å². The van der Waals surface area contributed by atoms with Gasteiger partial charge in [-0.05, 0) is 42.2 Å². The Morgan fingerprint density at radius 2 is 1.85 bits per heavy atom.